The molecule has 4 rings (SSSR count). The summed E-state index contributed by atoms with van der Waals surface area (Å²) in [7, 11) is 2.13. The summed E-state index contributed by atoms with van der Waals surface area (Å²) in [4.78, 5) is 14.6. The molecule has 2 atom stereocenters. The summed E-state index contributed by atoms with van der Waals surface area (Å²) >= 11 is 0. The molecule has 2 heterocycles. The molecular weight excluding hydrogens is 254 g/mol. The van der Waals surface area contributed by atoms with Gasteiger partial charge in [0.25, 0.3) is 5.91 Å². The maximum absolute atomic E-state index is 12.3. The molecule has 5 heteroatoms. The van der Waals surface area contributed by atoms with Crippen LogP contribution in [-0.2, 0) is 0 Å². The van der Waals surface area contributed by atoms with Crippen LogP contribution in [0.5, 0.6) is 0 Å². The summed E-state index contributed by atoms with van der Waals surface area (Å²) in [6, 6.07) is 2.08. The predicted molar refractivity (Wildman–Crippen MR) is 73.4 cm³/mol. The molecule has 1 aromatic heterocycles. The topological polar surface area (TPSA) is 58.4 Å². The van der Waals surface area contributed by atoms with Crippen LogP contribution in [0.2, 0.25) is 0 Å². The SMILES string of the molecule is CN1C[C@@H](NC(=O)c2cc(C3CC3)on2)[C@H](C2CC2)C1. The van der Waals surface area contributed by atoms with E-state index in [4.69, 9.17) is 4.52 Å². The van der Waals surface area contributed by atoms with Crippen LogP contribution in [0.25, 0.3) is 0 Å². The van der Waals surface area contributed by atoms with Gasteiger partial charge in [0.15, 0.2) is 5.69 Å². The molecule has 2 aliphatic carbocycles. The normalized spacial score (nSPS) is 30.6. The van der Waals surface area contributed by atoms with Crippen LogP contribution in [0.3, 0.4) is 0 Å². The molecule has 1 aromatic rings. The zero-order valence-electron chi connectivity index (χ0n) is 11.8. The Morgan fingerprint density at radius 2 is 2.15 bits per heavy atom. The first-order chi connectivity index (χ1) is 9.70. The highest BCUT2D eigenvalue weighted by molar-refractivity contribution is 5.92. The minimum atomic E-state index is -0.0772. The molecular formula is C15H21N3O2. The predicted octanol–water partition coefficient (Wildman–Crippen LogP) is 1.62. The fourth-order valence-corrected chi connectivity index (χ4v) is 3.39. The lowest BCUT2D eigenvalue weighted by atomic mass is 9.98. The van der Waals surface area contributed by atoms with Crippen LogP contribution in [-0.4, -0.2) is 42.1 Å². The molecule has 0 unspecified atom stereocenters. The van der Waals surface area contributed by atoms with E-state index in [1.807, 2.05) is 6.07 Å². The van der Waals surface area contributed by atoms with E-state index in [0.717, 1.165) is 37.6 Å². The van der Waals surface area contributed by atoms with Gasteiger partial charge in [0.05, 0.1) is 0 Å². The first-order valence-electron chi connectivity index (χ1n) is 7.66. The van der Waals surface area contributed by atoms with E-state index in [9.17, 15) is 4.79 Å². The number of likely N-dealkylation sites (tertiary alicyclic amines) is 1. The highest BCUT2D eigenvalue weighted by Gasteiger charge is 2.42. The first-order valence-corrected chi connectivity index (χ1v) is 7.66. The van der Waals surface area contributed by atoms with Crippen molar-refractivity contribution < 1.29 is 9.32 Å². The van der Waals surface area contributed by atoms with E-state index in [-0.39, 0.29) is 11.9 Å². The molecule has 0 bridgehead atoms. The highest BCUT2D eigenvalue weighted by atomic mass is 16.5. The third kappa shape index (κ3) is 2.35. The second-order valence-electron chi connectivity index (χ2n) is 6.69. The van der Waals surface area contributed by atoms with E-state index in [1.165, 1.54) is 12.8 Å². The van der Waals surface area contributed by atoms with Crippen molar-refractivity contribution in [2.75, 3.05) is 20.1 Å². The summed E-state index contributed by atoms with van der Waals surface area (Å²) in [5.74, 6) is 2.72. The van der Waals surface area contributed by atoms with Gasteiger partial charge >= 0.3 is 0 Å². The van der Waals surface area contributed by atoms with Gasteiger partial charge in [0.2, 0.25) is 0 Å². The number of carbonyl (C=O) groups excluding carboxylic acids is 1. The van der Waals surface area contributed by atoms with E-state index in [1.54, 1.807) is 0 Å². The number of nitrogens with zero attached hydrogens (tertiary/aromatic N) is 2. The third-order valence-corrected chi connectivity index (χ3v) is 4.83. The molecule has 0 aromatic carbocycles. The number of carbonyl (C=O) groups is 1. The van der Waals surface area contributed by atoms with Crippen LogP contribution < -0.4 is 5.32 Å². The molecule has 1 saturated heterocycles. The quantitative estimate of drug-likeness (QED) is 0.907. The van der Waals surface area contributed by atoms with Crippen LogP contribution >= 0.6 is 0 Å². The van der Waals surface area contributed by atoms with Gasteiger partial charge in [-0.1, -0.05) is 5.16 Å². The van der Waals surface area contributed by atoms with Crippen molar-refractivity contribution in [1.29, 1.82) is 0 Å². The number of aromatic nitrogens is 1. The Balaban J connectivity index is 1.42. The molecule has 20 heavy (non-hydrogen) atoms. The summed E-state index contributed by atoms with van der Waals surface area (Å²) < 4.78 is 5.26. The second-order valence-corrected chi connectivity index (χ2v) is 6.69. The monoisotopic (exact) mass is 275 g/mol. The minimum absolute atomic E-state index is 0.0772. The fourth-order valence-electron chi connectivity index (χ4n) is 3.39. The smallest absolute Gasteiger partial charge is 0.273 e. The maximum atomic E-state index is 12.3. The van der Waals surface area contributed by atoms with Crippen molar-refractivity contribution in [2.24, 2.45) is 11.8 Å². The fraction of sp³-hybridized carbons (Fsp3) is 0.733. The molecule has 0 spiro atoms. The molecule has 1 aliphatic heterocycles. The van der Waals surface area contributed by atoms with E-state index in [0.29, 0.717) is 17.5 Å². The molecule has 0 radical (unpaired) electrons. The molecule has 2 saturated carbocycles. The summed E-state index contributed by atoms with van der Waals surface area (Å²) in [6.07, 6.45) is 4.96. The highest BCUT2D eigenvalue weighted by Crippen LogP contribution is 2.41. The van der Waals surface area contributed by atoms with Gasteiger partial charge in [-0.05, 0) is 44.6 Å². The van der Waals surface area contributed by atoms with Gasteiger partial charge in [-0.3, -0.25) is 4.79 Å². The van der Waals surface area contributed by atoms with E-state index >= 15 is 0 Å². The Hall–Kier alpha value is -1.36. The zero-order valence-corrected chi connectivity index (χ0v) is 11.8. The summed E-state index contributed by atoms with van der Waals surface area (Å²) in [5.41, 5.74) is 0.441. The minimum Gasteiger partial charge on any atom is -0.360 e. The molecule has 1 amide bonds. The lowest BCUT2D eigenvalue weighted by Gasteiger charge is -2.18. The van der Waals surface area contributed by atoms with Gasteiger partial charge in [-0.15, -0.1) is 0 Å². The average molecular weight is 275 g/mol. The first kappa shape index (κ1) is 12.4. The van der Waals surface area contributed by atoms with Crippen LogP contribution in [0.4, 0.5) is 0 Å². The average Bonchev–Trinajstić information content (AvgIpc) is 3.35. The molecule has 3 fully saturated rings. The maximum Gasteiger partial charge on any atom is 0.273 e. The lowest BCUT2D eigenvalue weighted by Crippen LogP contribution is -2.41. The zero-order chi connectivity index (χ0) is 13.7. The van der Waals surface area contributed by atoms with Crippen molar-refractivity contribution in [3.63, 3.8) is 0 Å². The number of hydrogen-bond acceptors (Lipinski definition) is 4. The van der Waals surface area contributed by atoms with Crippen molar-refractivity contribution in [3.8, 4) is 0 Å². The van der Waals surface area contributed by atoms with Crippen molar-refractivity contribution in [2.45, 2.75) is 37.6 Å². The van der Waals surface area contributed by atoms with Gasteiger partial charge < -0.3 is 14.7 Å². The second kappa shape index (κ2) is 4.58. The van der Waals surface area contributed by atoms with Crippen LogP contribution in [0.15, 0.2) is 10.6 Å². The van der Waals surface area contributed by atoms with Crippen LogP contribution in [0.1, 0.15) is 47.8 Å². The van der Waals surface area contributed by atoms with Gasteiger partial charge in [0.1, 0.15) is 5.76 Å². The Bertz CT molecular complexity index is 519. The molecule has 108 valence electrons. The van der Waals surface area contributed by atoms with Gasteiger partial charge in [-0.25, -0.2) is 0 Å². The molecule has 3 aliphatic rings. The van der Waals surface area contributed by atoms with Gasteiger partial charge in [-0.2, -0.15) is 0 Å². The van der Waals surface area contributed by atoms with E-state index in [2.05, 4.69) is 22.4 Å². The number of hydrogen-bond donors (Lipinski definition) is 1. The molecule has 1 N–H and O–H groups in total. The van der Waals surface area contributed by atoms with E-state index < -0.39 is 0 Å². The van der Waals surface area contributed by atoms with Crippen LogP contribution in [0, 0.1) is 11.8 Å². The number of nitrogens with one attached hydrogen (secondary N) is 1. The Morgan fingerprint density at radius 3 is 2.85 bits per heavy atom. The summed E-state index contributed by atoms with van der Waals surface area (Å²) in [6.45, 7) is 2.04. The Labute approximate surface area is 118 Å². The van der Waals surface area contributed by atoms with Crippen molar-refractivity contribution in [1.82, 2.24) is 15.4 Å². The number of amides is 1. The molecule has 5 nitrogen and oxygen atoms in total. The van der Waals surface area contributed by atoms with Gasteiger partial charge in [0, 0.05) is 31.1 Å². The third-order valence-electron chi connectivity index (χ3n) is 4.83. The largest absolute Gasteiger partial charge is 0.360 e. The number of likely N-dealkylation sites (N-methyl/N-ethyl adjacent to an activating group) is 1. The Kier molecular flexibility index (Phi) is 2.84. The van der Waals surface area contributed by atoms with Crippen molar-refractivity contribution >= 4 is 5.91 Å². The standard InChI is InChI=1S/C15H21N3O2/c1-18-7-11(9-2-3-9)13(8-18)16-15(19)12-6-14(20-17-12)10-4-5-10/h6,9-11,13H,2-5,7-8H2,1H3,(H,16,19)/t11-,13+/m0/s1. The lowest BCUT2D eigenvalue weighted by molar-refractivity contribution is 0.0919. The summed E-state index contributed by atoms with van der Waals surface area (Å²) in [5, 5.41) is 7.09. The van der Waals surface area contributed by atoms with Crippen molar-refractivity contribution in [3.05, 3.63) is 17.5 Å². The number of rotatable bonds is 4. The Morgan fingerprint density at radius 1 is 1.35 bits per heavy atom.